The number of hydrogen-bond acceptors (Lipinski definition) is 4. The molecule has 0 aliphatic carbocycles. The molecule has 5 nitrogen and oxygen atoms in total. The summed E-state index contributed by atoms with van der Waals surface area (Å²) >= 11 is 0. The van der Waals surface area contributed by atoms with Gasteiger partial charge in [-0.2, -0.15) is 4.98 Å². The summed E-state index contributed by atoms with van der Waals surface area (Å²) < 4.78 is 0.350. The van der Waals surface area contributed by atoms with Crippen LogP contribution in [0.1, 0.15) is 5.56 Å². The normalized spacial score (nSPS) is 9.25. The third-order valence-corrected chi connectivity index (χ3v) is 1.31. The van der Waals surface area contributed by atoms with Crippen molar-refractivity contribution in [1.29, 1.82) is 0 Å². The minimum absolute atomic E-state index is 0.0586. The highest BCUT2D eigenvalue weighted by molar-refractivity contribution is 5.38. The lowest BCUT2D eigenvalue weighted by atomic mass is 10.2. The summed E-state index contributed by atoms with van der Waals surface area (Å²) in [5.74, 6) is 2.38. The standard InChI is InChI=1S/C7H7N3O2/c1-2-3-5-4-10(12)7(11)9-6(5)8/h1,4,12H,3H2,(H2,8,9,11). The molecule has 1 rings (SSSR count). The molecule has 0 aromatic carbocycles. The van der Waals surface area contributed by atoms with Crippen molar-refractivity contribution in [3.8, 4) is 12.3 Å². The lowest BCUT2D eigenvalue weighted by molar-refractivity contribution is 0.169. The third kappa shape index (κ3) is 1.37. The van der Waals surface area contributed by atoms with E-state index in [1.807, 2.05) is 0 Å². The second kappa shape index (κ2) is 2.96. The molecular formula is C7H7N3O2. The Morgan fingerprint density at radius 1 is 1.83 bits per heavy atom. The zero-order valence-electron chi connectivity index (χ0n) is 6.19. The molecule has 3 N–H and O–H groups in total. The van der Waals surface area contributed by atoms with Crippen molar-refractivity contribution in [2.24, 2.45) is 0 Å². The molecule has 0 spiro atoms. The number of aromatic nitrogens is 2. The molecule has 0 unspecified atom stereocenters. The van der Waals surface area contributed by atoms with Crippen LogP contribution in [0, 0.1) is 12.3 Å². The van der Waals surface area contributed by atoms with Crippen LogP contribution in [0.2, 0.25) is 0 Å². The van der Waals surface area contributed by atoms with E-state index in [0.29, 0.717) is 10.3 Å². The molecule has 0 amide bonds. The van der Waals surface area contributed by atoms with E-state index in [-0.39, 0.29) is 12.2 Å². The van der Waals surface area contributed by atoms with Crippen molar-refractivity contribution in [3.05, 3.63) is 22.2 Å². The second-order valence-electron chi connectivity index (χ2n) is 2.16. The zero-order valence-corrected chi connectivity index (χ0v) is 6.19. The van der Waals surface area contributed by atoms with E-state index in [4.69, 9.17) is 17.4 Å². The van der Waals surface area contributed by atoms with Gasteiger partial charge in [0, 0.05) is 12.0 Å². The first kappa shape index (κ1) is 8.14. The van der Waals surface area contributed by atoms with Crippen LogP contribution in [-0.2, 0) is 6.42 Å². The first-order valence-electron chi connectivity index (χ1n) is 3.16. The first-order chi connectivity index (χ1) is 5.65. The van der Waals surface area contributed by atoms with Crippen LogP contribution >= 0.6 is 0 Å². The third-order valence-electron chi connectivity index (χ3n) is 1.31. The van der Waals surface area contributed by atoms with Crippen LogP contribution in [0.4, 0.5) is 5.82 Å². The van der Waals surface area contributed by atoms with Gasteiger partial charge in [0.1, 0.15) is 5.82 Å². The van der Waals surface area contributed by atoms with E-state index in [9.17, 15) is 4.79 Å². The Balaban J connectivity index is 3.25. The minimum atomic E-state index is -0.812. The molecule has 0 saturated carbocycles. The molecule has 0 aliphatic heterocycles. The fourth-order valence-corrected chi connectivity index (χ4v) is 0.741. The van der Waals surface area contributed by atoms with Gasteiger partial charge in [-0.3, -0.25) is 0 Å². The zero-order chi connectivity index (χ0) is 9.14. The van der Waals surface area contributed by atoms with E-state index in [2.05, 4.69) is 10.9 Å². The van der Waals surface area contributed by atoms with Crippen molar-refractivity contribution < 1.29 is 5.21 Å². The Kier molecular flexibility index (Phi) is 2.01. The summed E-state index contributed by atoms with van der Waals surface area (Å²) in [4.78, 5) is 14.0. The molecule has 12 heavy (non-hydrogen) atoms. The highest BCUT2D eigenvalue weighted by Crippen LogP contribution is 2.03. The molecule has 5 heteroatoms. The molecule has 1 aromatic heterocycles. The molecule has 0 aliphatic rings. The number of anilines is 1. The van der Waals surface area contributed by atoms with Crippen LogP contribution in [0.25, 0.3) is 0 Å². The van der Waals surface area contributed by atoms with E-state index < -0.39 is 5.69 Å². The van der Waals surface area contributed by atoms with Gasteiger partial charge in [0.05, 0.1) is 6.20 Å². The minimum Gasteiger partial charge on any atom is -0.424 e. The fraction of sp³-hybridized carbons (Fsp3) is 0.143. The van der Waals surface area contributed by atoms with E-state index >= 15 is 0 Å². The predicted molar refractivity (Wildman–Crippen MR) is 42.6 cm³/mol. The number of hydrogen-bond donors (Lipinski definition) is 2. The number of terminal acetylenes is 1. The quantitative estimate of drug-likeness (QED) is 0.423. The van der Waals surface area contributed by atoms with Gasteiger partial charge < -0.3 is 10.9 Å². The molecular weight excluding hydrogens is 158 g/mol. The van der Waals surface area contributed by atoms with Gasteiger partial charge in [-0.1, -0.05) is 0 Å². The van der Waals surface area contributed by atoms with Crippen LogP contribution in [-0.4, -0.2) is 14.9 Å². The van der Waals surface area contributed by atoms with Crippen molar-refractivity contribution in [2.75, 3.05) is 5.73 Å². The number of nitrogen functional groups attached to an aromatic ring is 1. The Morgan fingerprint density at radius 3 is 3.08 bits per heavy atom. The van der Waals surface area contributed by atoms with Gasteiger partial charge in [0.25, 0.3) is 0 Å². The van der Waals surface area contributed by atoms with Crippen molar-refractivity contribution in [3.63, 3.8) is 0 Å². The van der Waals surface area contributed by atoms with Crippen LogP contribution in [0.5, 0.6) is 0 Å². The van der Waals surface area contributed by atoms with Gasteiger partial charge in [0.2, 0.25) is 0 Å². The highest BCUT2D eigenvalue weighted by atomic mass is 16.5. The molecule has 1 heterocycles. The lowest BCUT2D eigenvalue weighted by Crippen LogP contribution is -2.22. The maximum atomic E-state index is 10.7. The summed E-state index contributed by atoms with van der Waals surface area (Å²) in [5, 5.41) is 8.87. The second-order valence-corrected chi connectivity index (χ2v) is 2.16. The number of nitrogens with two attached hydrogens (primary N) is 1. The van der Waals surface area contributed by atoms with Crippen molar-refractivity contribution in [1.82, 2.24) is 9.71 Å². The van der Waals surface area contributed by atoms with Gasteiger partial charge in [-0.25, -0.2) is 4.79 Å². The Hall–Kier alpha value is -1.96. The predicted octanol–water partition coefficient (Wildman–Crippen LogP) is -0.762. The maximum Gasteiger partial charge on any atom is 0.382 e. The average molecular weight is 165 g/mol. The Morgan fingerprint density at radius 2 is 2.50 bits per heavy atom. The summed E-state index contributed by atoms with van der Waals surface area (Å²) in [6.07, 6.45) is 6.41. The topological polar surface area (TPSA) is 81.1 Å². The van der Waals surface area contributed by atoms with Crippen LogP contribution in [0.15, 0.2) is 11.0 Å². The van der Waals surface area contributed by atoms with Gasteiger partial charge in [0.15, 0.2) is 0 Å². The van der Waals surface area contributed by atoms with Crippen molar-refractivity contribution >= 4 is 5.82 Å². The molecule has 0 atom stereocenters. The largest absolute Gasteiger partial charge is 0.424 e. The maximum absolute atomic E-state index is 10.7. The molecule has 0 radical (unpaired) electrons. The summed E-state index contributed by atoms with van der Waals surface area (Å²) in [7, 11) is 0. The molecule has 62 valence electrons. The van der Waals surface area contributed by atoms with E-state index in [1.54, 1.807) is 0 Å². The fourth-order valence-electron chi connectivity index (χ4n) is 0.741. The van der Waals surface area contributed by atoms with Crippen LogP contribution < -0.4 is 11.4 Å². The summed E-state index contributed by atoms with van der Waals surface area (Å²) in [6.45, 7) is 0. The molecule has 0 bridgehead atoms. The average Bonchev–Trinajstić information content (AvgIpc) is 2.01. The van der Waals surface area contributed by atoms with E-state index in [0.717, 1.165) is 6.20 Å². The summed E-state index contributed by atoms with van der Waals surface area (Å²) in [5.41, 5.74) is 4.99. The van der Waals surface area contributed by atoms with Gasteiger partial charge in [-0.05, 0) is 0 Å². The van der Waals surface area contributed by atoms with Gasteiger partial charge >= 0.3 is 5.69 Å². The lowest BCUT2D eigenvalue weighted by Gasteiger charge is -2.00. The van der Waals surface area contributed by atoms with Crippen molar-refractivity contribution in [2.45, 2.75) is 6.42 Å². The van der Waals surface area contributed by atoms with Crippen LogP contribution in [0.3, 0.4) is 0 Å². The molecule has 0 saturated heterocycles. The first-order valence-corrected chi connectivity index (χ1v) is 3.16. The Labute approximate surface area is 68.4 Å². The van der Waals surface area contributed by atoms with E-state index in [1.165, 1.54) is 0 Å². The van der Waals surface area contributed by atoms with Gasteiger partial charge in [-0.15, -0.1) is 17.1 Å². The smallest absolute Gasteiger partial charge is 0.382 e. The highest BCUT2D eigenvalue weighted by Gasteiger charge is 2.02. The monoisotopic (exact) mass is 165 g/mol. The Bertz CT molecular complexity index is 389. The molecule has 1 aromatic rings. The number of rotatable bonds is 1. The molecule has 0 fully saturated rings. The summed E-state index contributed by atoms with van der Waals surface area (Å²) in [6, 6.07) is 0. The SMILES string of the molecule is C#CCc1cn(O)c(=O)nc1N. The number of nitrogens with zero attached hydrogens (tertiary/aromatic N) is 2.